The van der Waals surface area contributed by atoms with Crippen molar-refractivity contribution in [2.45, 2.75) is 65.2 Å². The van der Waals surface area contributed by atoms with Crippen LogP contribution in [0.15, 0.2) is 6.07 Å². The van der Waals surface area contributed by atoms with Crippen LogP contribution in [0.25, 0.3) is 10.2 Å². The molecule has 0 bridgehead atoms. The first-order valence-electron chi connectivity index (χ1n) is 10.9. The minimum absolute atomic E-state index is 0.345. The lowest BCUT2D eigenvalue weighted by Crippen LogP contribution is -2.49. The first kappa shape index (κ1) is 19.6. The van der Waals surface area contributed by atoms with Gasteiger partial charge in [-0.3, -0.25) is 4.79 Å². The van der Waals surface area contributed by atoms with E-state index in [1.807, 2.05) is 6.92 Å². The molecule has 1 aliphatic heterocycles. The number of hydrogen-bond donors (Lipinski definition) is 0. The molecule has 28 heavy (non-hydrogen) atoms. The third-order valence-corrected chi connectivity index (χ3v) is 7.48. The van der Waals surface area contributed by atoms with Gasteiger partial charge in [0.25, 0.3) is 0 Å². The second kappa shape index (κ2) is 8.76. The fraction of sp³-hybridized carbons (Fsp3) is 0.682. The molecule has 1 saturated heterocycles. The SMILES string of the molecule is CCc1cc2c(N3CCN(C(=O)CCC4CCCCC4)CC3)nc(C)nc2s1. The topological polar surface area (TPSA) is 49.3 Å². The molecule has 0 aromatic carbocycles. The molecule has 0 atom stereocenters. The van der Waals surface area contributed by atoms with Crippen LogP contribution in [0.3, 0.4) is 0 Å². The Kier molecular flexibility index (Phi) is 6.14. The summed E-state index contributed by atoms with van der Waals surface area (Å²) in [6.45, 7) is 7.48. The third kappa shape index (κ3) is 4.32. The number of fused-ring (bicyclic) bond motifs is 1. The van der Waals surface area contributed by atoms with Crippen LogP contribution >= 0.6 is 11.3 Å². The molecule has 2 fully saturated rings. The van der Waals surface area contributed by atoms with Gasteiger partial charge in [-0.05, 0) is 31.7 Å². The Hall–Kier alpha value is -1.69. The molecule has 2 aliphatic rings. The largest absolute Gasteiger partial charge is 0.352 e. The number of amides is 1. The molecule has 0 N–H and O–H groups in total. The van der Waals surface area contributed by atoms with Gasteiger partial charge in [0, 0.05) is 37.5 Å². The zero-order chi connectivity index (χ0) is 19.5. The van der Waals surface area contributed by atoms with Crippen molar-refractivity contribution >= 4 is 33.3 Å². The lowest BCUT2D eigenvalue weighted by Gasteiger charge is -2.36. The Labute approximate surface area is 172 Å². The summed E-state index contributed by atoms with van der Waals surface area (Å²) in [7, 11) is 0. The van der Waals surface area contributed by atoms with Gasteiger partial charge in [0.05, 0.1) is 5.39 Å². The normalized spacial score (nSPS) is 18.8. The van der Waals surface area contributed by atoms with Crippen LogP contribution in [0.1, 0.15) is 62.6 Å². The van der Waals surface area contributed by atoms with E-state index < -0.39 is 0 Å². The maximum atomic E-state index is 12.7. The van der Waals surface area contributed by atoms with Crippen LogP contribution in [0.4, 0.5) is 5.82 Å². The van der Waals surface area contributed by atoms with Gasteiger partial charge in [0.15, 0.2) is 0 Å². The Balaban J connectivity index is 1.36. The molecule has 0 unspecified atom stereocenters. The fourth-order valence-electron chi connectivity index (χ4n) is 4.60. The number of carbonyl (C=O) groups excluding carboxylic acids is 1. The van der Waals surface area contributed by atoms with Crippen molar-refractivity contribution in [2.24, 2.45) is 5.92 Å². The van der Waals surface area contributed by atoms with Gasteiger partial charge in [-0.25, -0.2) is 9.97 Å². The van der Waals surface area contributed by atoms with Gasteiger partial charge in [-0.15, -0.1) is 11.3 Å². The van der Waals surface area contributed by atoms with Gasteiger partial charge >= 0.3 is 0 Å². The van der Waals surface area contributed by atoms with E-state index in [0.29, 0.717) is 5.91 Å². The third-order valence-electron chi connectivity index (χ3n) is 6.31. The molecule has 5 nitrogen and oxygen atoms in total. The van der Waals surface area contributed by atoms with E-state index in [1.54, 1.807) is 11.3 Å². The number of nitrogens with zero attached hydrogens (tertiary/aromatic N) is 4. The zero-order valence-electron chi connectivity index (χ0n) is 17.2. The standard InChI is InChI=1S/C22H32N4OS/c1-3-18-15-19-21(23-16(2)24-22(19)28-18)26-13-11-25(12-14-26)20(27)10-9-17-7-5-4-6-8-17/h15,17H,3-14H2,1-2H3. The van der Waals surface area contributed by atoms with Gasteiger partial charge < -0.3 is 9.80 Å². The molecule has 4 rings (SSSR count). The maximum Gasteiger partial charge on any atom is 0.222 e. The lowest BCUT2D eigenvalue weighted by atomic mass is 9.86. The van der Waals surface area contributed by atoms with Crippen molar-refractivity contribution < 1.29 is 4.79 Å². The maximum absolute atomic E-state index is 12.7. The van der Waals surface area contributed by atoms with Crippen LogP contribution in [-0.4, -0.2) is 47.0 Å². The van der Waals surface area contributed by atoms with E-state index in [0.717, 1.165) is 67.8 Å². The number of piperazine rings is 1. The van der Waals surface area contributed by atoms with Gasteiger partial charge in [0.2, 0.25) is 5.91 Å². The molecule has 6 heteroatoms. The van der Waals surface area contributed by atoms with Crippen molar-refractivity contribution in [2.75, 3.05) is 31.1 Å². The minimum Gasteiger partial charge on any atom is -0.352 e. The summed E-state index contributed by atoms with van der Waals surface area (Å²) in [6, 6.07) is 2.25. The van der Waals surface area contributed by atoms with E-state index in [-0.39, 0.29) is 0 Å². The molecule has 1 amide bonds. The van der Waals surface area contributed by atoms with Crippen molar-refractivity contribution in [3.05, 3.63) is 16.8 Å². The summed E-state index contributed by atoms with van der Waals surface area (Å²) < 4.78 is 0. The Morgan fingerprint density at radius 2 is 1.89 bits per heavy atom. The highest BCUT2D eigenvalue weighted by molar-refractivity contribution is 7.18. The zero-order valence-corrected chi connectivity index (χ0v) is 18.1. The molecule has 0 spiro atoms. The predicted octanol–water partition coefficient (Wildman–Crippen LogP) is 4.57. The summed E-state index contributed by atoms with van der Waals surface area (Å²) in [4.78, 5) is 28.9. The number of rotatable bonds is 5. The molecule has 152 valence electrons. The van der Waals surface area contributed by atoms with Crippen LogP contribution < -0.4 is 4.90 Å². The number of aromatic nitrogens is 2. The van der Waals surface area contributed by atoms with Crippen molar-refractivity contribution in [1.29, 1.82) is 0 Å². The summed E-state index contributed by atoms with van der Waals surface area (Å²) >= 11 is 1.77. The van der Waals surface area contributed by atoms with E-state index in [4.69, 9.17) is 4.98 Å². The summed E-state index contributed by atoms with van der Waals surface area (Å²) in [6.07, 6.45) is 9.58. The van der Waals surface area contributed by atoms with Crippen molar-refractivity contribution in [3.8, 4) is 0 Å². The Morgan fingerprint density at radius 1 is 1.14 bits per heavy atom. The second-order valence-electron chi connectivity index (χ2n) is 8.29. The number of thiophene rings is 1. The van der Waals surface area contributed by atoms with Gasteiger partial charge in [-0.1, -0.05) is 39.0 Å². The van der Waals surface area contributed by atoms with Crippen molar-refractivity contribution in [1.82, 2.24) is 14.9 Å². The van der Waals surface area contributed by atoms with E-state index in [9.17, 15) is 4.79 Å². The monoisotopic (exact) mass is 400 g/mol. The van der Waals surface area contributed by atoms with Gasteiger partial charge in [0.1, 0.15) is 16.5 Å². The molecule has 3 heterocycles. The summed E-state index contributed by atoms with van der Waals surface area (Å²) in [5, 5.41) is 1.17. The predicted molar refractivity (Wildman–Crippen MR) is 116 cm³/mol. The average Bonchev–Trinajstić information content (AvgIpc) is 3.15. The van der Waals surface area contributed by atoms with E-state index in [1.165, 1.54) is 42.4 Å². The van der Waals surface area contributed by atoms with Crippen molar-refractivity contribution in [3.63, 3.8) is 0 Å². The fourth-order valence-corrected chi connectivity index (χ4v) is 5.61. The summed E-state index contributed by atoms with van der Waals surface area (Å²) in [5.41, 5.74) is 0. The molecule has 1 aliphatic carbocycles. The minimum atomic E-state index is 0.345. The second-order valence-corrected chi connectivity index (χ2v) is 9.41. The molecule has 1 saturated carbocycles. The number of carbonyl (C=O) groups is 1. The van der Waals surface area contributed by atoms with Crippen LogP contribution in [0.5, 0.6) is 0 Å². The molecule has 0 radical (unpaired) electrons. The first-order valence-corrected chi connectivity index (χ1v) is 11.8. The first-order chi connectivity index (χ1) is 13.6. The summed E-state index contributed by atoms with van der Waals surface area (Å²) in [5.74, 6) is 3.01. The molecule has 2 aromatic rings. The Morgan fingerprint density at radius 3 is 2.61 bits per heavy atom. The average molecular weight is 401 g/mol. The highest BCUT2D eigenvalue weighted by atomic mass is 32.1. The quantitative estimate of drug-likeness (QED) is 0.738. The molecular weight excluding hydrogens is 368 g/mol. The number of hydrogen-bond acceptors (Lipinski definition) is 5. The van der Waals surface area contributed by atoms with Crippen LogP contribution in [-0.2, 0) is 11.2 Å². The lowest BCUT2D eigenvalue weighted by molar-refractivity contribution is -0.131. The van der Waals surface area contributed by atoms with Gasteiger partial charge in [-0.2, -0.15) is 0 Å². The number of anilines is 1. The van der Waals surface area contributed by atoms with E-state index >= 15 is 0 Å². The molecular formula is C22H32N4OS. The smallest absolute Gasteiger partial charge is 0.222 e. The van der Waals surface area contributed by atoms with E-state index in [2.05, 4.69) is 27.8 Å². The number of aryl methyl sites for hydroxylation is 2. The molecule has 2 aromatic heterocycles. The highest BCUT2D eigenvalue weighted by Gasteiger charge is 2.25. The van der Waals surface area contributed by atoms with Crippen LogP contribution in [0.2, 0.25) is 0 Å². The highest BCUT2D eigenvalue weighted by Crippen LogP contribution is 2.32. The van der Waals surface area contributed by atoms with Crippen LogP contribution in [0, 0.1) is 12.8 Å². The Bertz CT molecular complexity index is 819.